The number of hydrogen-bond donors (Lipinski definition) is 2. The maximum absolute atomic E-state index is 11.7. The SMILES string of the molecule is CC(C(CC1OCCc2ccccc21)NN)S(C)(=O)=O. The van der Waals surface area contributed by atoms with Crippen molar-refractivity contribution in [2.24, 2.45) is 5.84 Å². The van der Waals surface area contributed by atoms with Gasteiger partial charge in [-0.2, -0.15) is 0 Å². The Kier molecular flexibility index (Phi) is 4.80. The molecule has 20 heavy (non-hydrogen) atoms. The number of nitrogens with two attached hydrogens (primary N) is 1. The van der Waals surface area contributed by atoms with Gasteiger partial charge in [-0.1, -0.05) is 24.3 Å². The van der Waals surface area contributed by atoms with Crippen LogP contribution in [-0.2, 0) is 21.0 Å². The van der Waals surface area contributed by atoms with Crippen LogP contribution in [0.25, 0.3) is 0 Å². The Hall–Kier alpha value is -0.950. The van der Waals surface area contributed by atoms with Gasteiger partial charge >= 0.3 is 0 Å². The van der Waals surface area contributed by atoms with Crippen molar-refractivity contribution >= 4 is 9.84 Å². The van der Waals surface area contributed by atoms with Gasteiger partial charge in [0.1, 0.15) is 0 Å². The minimum Gasteiger partial charge on any atom is -0.373 e. The molecule has 0 spiro atoms. The summed E-state index contributed by atoms with van der Waals surface area (Å²) in [5.74, 6) is 5.54. The van der Waals surface area contributed by atoms with E-state index in [9.17, 15) is 8.42 Å². The molecule has 1 aliphatic heterocycles. The van der Waals surface area contributed by atoms with Crippen molar-refractivity contribution in [1.82, 2.24) is 5.43 Å². The van der Waals surface area contributed by atoms with Gasteiger partial charge in [0, 0.05) is 12.3 Å². The van der Waals surface area contributed by atoms with Crippen LogP contribution in [0.2, 0.25) is 0 Å². The molecule has 0 aliphatic carbocycles. The second kappa shape index (κ2) is 6.22. The molecule has 6 heteroatoms. The molecule has 0 fully saturated rings. The summed E-state index contributed by atoms with van der Waals surface area (Å²) in [5, 5.41) is -0.551. The van der Waals surface area contributed by atoms with E-state index in [2.05, 4.69) is 11.5 Å². The molecule has 1 aliphatic rings. The number of nitrogens with one attached hydrogen (secondary N) is 1. The van der Waals surface area contributed by atoms with Crippen LogP contribution in [-0.4, -0.2) is 32.6 Å². The van der Waals surface area contributed by atoms with Crippen LogP contribution >= 0.6 is 0 Å². The van der Waals surface area contributed by atoms with Gasteiger partial charge in [-0.25, -0.2) is 8.42 Å². The Morgan fingerprint density at radius 3 is 2.80 bits per heavy atom. The van der Waals surface area contributed by atoms with Crippen LogP contribution in [0.5, 0.6) is 0 Å². The standard InChI is InChI=1S/C14H22N2O3S/c1-10(20(2,17)18)13(16-15)9-14-12-6-4-3-5-11(12)7-8-19-14/h3-6,10,13-14,16H,7-9,15H2,1-2H3. The van der Waals surface area contributed by atoms with E-state index in [4.69, 9.17) is 10.6 Å². The molecule has 0 radical (unpaired) electrons. The molecular weight excluding hydrogens is 276 g/mol. The van der Waals surface area contributed by atoms with E-state index >= 15 is 0 Å². The van der Waals surface area contributed by atoms with Crippen LogP contribution in [0, 0.1) is 0 Å². The van der Waals surface area contributed by atoms with Crippen LogP contribution in [0.4, 0.5) is 0 Å². The second-order valence-electron chi connectivity index (χ2n) is 5.35. The van der Waals surface area contributed by atoms with Crippen molar-refractivity contribution in [2.75, 3.05) is 12.9 Å². The summed E-state index contributed by atoms with van der Waals surface area (Å²) in [6.07, 6.45) is 2.57. The minimum absolute atomic E-state index is 0.106. The van der Waals surface area contributed by atoms with Crippen LogP contribution in [0.3, 0.4) is 0 Å². The number of fused-ring (bicyclic) bond motifs is 1. The van der Waals surface area contributed by atoms with Crippen molar-refractivity contribution in [3.63, 3.8) is 0 Å². The Morgan fingerprint density at radius 2 is 2.15 bits per heavy atom. The second-order valence-corrected chi connectivity index (χ2v) is 7.75. The highest BCUT2D eigenvalue weighted by atomic mass is 32.2. The molecule has 0 amide bonds. The Labute approximate surface area is 120 Å². The van der Waals surface area contributed by atoms with E-state index < -0.39 is 15.1 Å². The van der Waals surface area contributed by atoms with E-state index in [-0.39, 0.29) is 12.1 Å². The molecule has 3 atom stereocenters. The Bertz CT molecular complexity index is 559. The predicted octanol–water partition coefficient (Wildman–Crippen LogP) is 0.956. The van der Waals surface area contributed by atoms with Crippen LogP contribution < -0.4 is 11.3 Å². The summed E-state index contributed by atoms with van der Waals surface area (Å²) in [7, 11) is -3.14. The first-order chi connectivity index (χ1) is 9.43. The highest BCUT2D eigenvalue weighted by Gasteiger charge is 2.30. The number of benzene rings is 1. The summed E-state index contributed by atoms with van der Waals surface area (Å²) < 4.78 is 29.2. The fourth-order valence-corrected chi connectivity index (χ4v) is 3.38. The molecule has 0 bridgehead atoms. The zero-order valence-corrected chi connectivity index (χ0v) is 12.7. The molecule has 1 heterocycles. The molecule has 5 nitrogen and oxygen atoms in total. The summed E-state index contributed by atoms with van der Waals surface area (Å²) in [6.45, 7) is 2.33. The van der Waals surface area contributed by atoms with Crippen LogP contribution in [0.15, 0.2) is 24.3 Å². The first-order valence-corrected chi connectivity index (χ1v) is 8.73. The number of ether oxygens (including phenoxy) is 1. The van der Waals surface area contributed by atoms with Crippen LogP contribution in [0.1, 0.15) is 30.6 Å². The lowest BCUT2D eigenvalue weighted by atomic mass is 9.93. The molecule has 2 rings (SSSR count). The quantitative estimate of drug-likeness (QED) is 0.625. The van der Waals surface area contributed by atoms with Crippen molar-refractivity contribution < 1.29 is 13.2 Å². The lowest BCUT2D eigenvalue weighted by Gasteiger charge is -2.31. The zero-order chi connectivity index (χ0) is 14.8. The molecule has 0 saturated carbocycles. The van der Waals surface area contributed by atoms with Gasteiger partial charge in [-0.05, 0) is 30.9 Å². The number of hydrazine groups is 1. The average Bonchev–Trinajstić information content (AvgIpc) is 2.43. The third-order valence-corrected chi connectivity index (χ3v) is 5.70. The molecule has 0 aromatic heterocycles. The van der Waals surface area contributed by atoms with Gasteiger partial charge in [-0.15, -0.1) is 0 Å². The molecule has 1 aromatic carbocycles. The summed E-state index contributed by atoms with van der Waals surface area (Å²) in [4.78, 5) is 0. The maximum atomic E-state index is 11.7. The Morgan fingerprint density at radius 1 is 1.45 bits per heavy atom. The highest BCUT2D eigenvalue weighted by Crippen LogP contribution is 2.31. The number of rotatable bonds is 5. The predicted molar refractivity (Wildman–Crippen MR) is 78.9 cm³/mol. The fraction of sp³-hybridized carbons (Fsp3) is 0.571. The first-order valence-electron chi connectivity index (χ1n) is 6.78. The van der Waals surface area contributed by atoms with Gasteiger partial charge in [-0.3, -0.25) is 11.3 Å². The molecule has 0 saturated heterocycles. The largest absolute Gasteiger partial charge is 0.373 e. The highest BCUT2D eigenvalue weighted by molar-refractivity contribution is 7.91. The van der Waals surface area contributed by atoms with Gasteiger partial charge in [0.15, 0.2) is 9.84 Å². The minimum atomic E-state index is -3.14. The van der Waals surface area contributed by atoms with Crippen molar-refractivity contribution in [3.05, 3.63) is 35.4 Å². The molecule has 3 unspecified atom stereocenters. The summed E-state index contributed by atoms with van der Waals surface area (Å²) in [5.41, 5.74) is 5.04. The van der Waals surface area contributed by atoms with Crippen molar-refractivity contribution in [3.8, 4) is 0 Å². The van der Waals surface area contributed by atoms with Crippen molar-refractivity contribution in [2.45, 2.75) is 37.2 Å². The lowest BCUT2D eigenvalue weighted by Crippen LogP contribution is -2.47. The molecule has 112 valence electrons. The van der Waals surface area contributed by atoms with Gasteiger partial charge < -0.3 is 4.74 Å². The van der Waals surface area contributed by atoms with Gasteiger partial charge in [0.2, 0.25) is 0 Å². The molecular formula is C14H22N2O3S. The first kappa shape index (κ1) is 15.4. The number of sulfone groups is 1. The van der Waals surface area contributed by atoms with E-state index in [1.165, 1.54) is 11.8 Å². The maximum Gasteiger partial charge on any atom is 0.151 e. The molecule has 1 aromatic rings. The number of hydrogen-bond acceptors (Lipinski definition) is 5. The third kappa shape index (κ3) is 3.38. The third-order valence-electron chi connectivity index (χ3n) is 4.02. The van der Waals surface area contributed by atoms with E-state index in [0.717, 1.165) is 12.0 Å². The van der Waals surface area contributed by atoms with Gasteiger partial charge in [0.25, 0.3) is 0 Å². The Balaban J connectivity index is 2.17. The summed E-state index contributed by atoms with van der Waals surface area (Å²) >= 11 is 0. The molecule has 3 N–H and O–H groups in total. The average molecular weight is 298 g/mol. The zero-order valence-electron chi connectivity index (χ0n) is 11.9. The van der Waals surface area contributed by atoms with E-state index in [0.29, 0.717) is 13.0 Å². The fourth-order valence-electron chi connectivity index (χ4n) is 2.60. The monoisotopic (exact) mass is 298 g/mol. The smallest absolute Gasteiger partial charge is 0.151 e. The van der Waals surface area contributed by atoms with E-state index in [1.807, 2.05) is 18.2 Å². The van der Waals surface area contributed by atoms with E-state index in [1.54, 1.807) is 6.92 Å². The topological polar surface area (TPSA) is 81.4 Å². The lowest BCUT2D eigenvalue weighted by molar-refractivity contribution is 0.0294. The van der Waals surface area contributed by atoms with Gasteiger partial charge in [0.05, 0.1) is 18.0 Å². The van der Waals surface area contributed by atoms with Crippen molar-refractivity contribution in [1.29, 1.82) is 0 Å². The summed E-state index contributed by atoms with van der Waals surface area (Å²) in [6, 6.07) is 7.79. The normalized spacial score (nSPS) is 22.1.